The van der Waals surface area contributed by atoms with Gasteiger partial charge in [0.05, 0.1) is 23.3 Å². The third kappa shape index (κ3) is 3.31. The minimum absolute atomic E-state index is 0.352. The normalized spacial score (nSPS) is 9.92. The standard InChI is InChI=1S/C22H15N3O/c23-13-15-5-3-7-16(11-15)19-9-2-1-6-17(19)12-21-18(14-24)8-4-10-20(21)22(25)26/h1-11H,12H2,(H2,25,26). The van der Waals surface area contributed by atoms with E-state index in [0.717, 1.165) is 16.7 Å². The van der Waals surface area contributed by atoms with Crippen LogP contribution in [-0.2, 0) is 6.42 Å². The molecule has 124 valence electrons. The maximum absolute atomic E-state index is 11.8. The Bertz CT molecular complexity index is 1070. The topological polar surface area (TPSA) is 90.7 Å². The van der Waals surface area contributed by atoms with E-state index < -0.39 is 5.91 Å². The molecule has 3 aromatic carbocycles. The predicted molar refractivity (Wildman–Crippen MR) is 99.1 cm³/mol. The molecule has 0 aliphatic heterocycles. The number of amides is 1. The van der Waals surface area contributed by atoms with Gasteiger partial charge in [0.25, 0.3) is 0 Å². The van der Waals surface area contributed by atoms with Gasteiger partial charge in [-0.3, -0.25) is 4.79 Å². The molecule has 3 aromatic rings. The number of rotatable bonds is 4. The molecule has 2 N–H and O–H groups in total. The fourth-order valence-corrected chi connectivity index (χ4v) is 3.02. The van der Waals surface area contributed by atoms with Crippen LogP contribution in [0.25, 0.3) is 11.1 Å². The van der Waals surface area contributed by atoms with Gasteiger partial charge in [0, 0.05) is 12.0 Å². The molecular weight excluding hydrogens is 322 g/mol. The van der Waals surface area contributed by atoms with Gasteiger partial charge in [0.15, 0.2) is 0 Å². The number of nitrogens with two attached hydrogens (primary N) is 1. The first-order valence-corrected chi connectivity index (χ1v) is 8.04. The van der Waals surface area contributed by atoms with E-state index in [2.05, 4.69) is 12.1 Å². The summed E-state index contributed by atoms with van der Waals surface area (Å²) in [6.07, 6.45) is 0.398. The van der Waals surface area contributed by atoms with Crippen LogP contribution >= 0.6 is 0 Å². The Morgan fingerprint density at radius 2 is 1.69 bits per heavy atom. The van der Waals surface area contributed by atoms with Crippen molar-refractivity contribution in [1.29, 1.82) is 10.5 Å². The van der Waals surface area contributed by atoms with Gasteiger partial charge in [-0.05, 0) is 46.5 Å². The molecule has 0 unspecified atom stereocenters. The molecule has 26 heavy (non-hydrogen) atoms. The highest BCUT2D eigenvalue weighted by molar-refractivity contribution is 5.95. The maximum atomic E-state index is 11.8. The lowest BCUT2D eigenvalue weighted by Crippen LogP contribution is -2.15. The van der Waals surface area contributed by atoms with Crippen molar-refractivity contribution in [3.63, 3.8) is 0 Å². The first-order valence-electron chi connectivity index (χ1n) is 8.04. The van der Waals surface area contributed by atoms with Crippen molar-refractivity contribution in [2.24, 2.45) is 5.73 Å². The van der Waals surface area contributed by atoms with E-state index in [0.29, 0.717) is 28.7 Å². The zero-order valence-corrected chi connectivity index (χ0v) is 13.9. The lowest BCUT2D eigenvalue weighted by atomic mass is 9.90. The summed E-state index contributed by atoms with van der Waals surface area (Å²) in [4.78, 5) is 11.8. The van der Waals surface area contributed by atoms with Gasteiger partial charge in [-0.15, -0.1) is 0 Å². The number of nitriles is 2. The van der Waals surface area contributed by atoms with Crippen molar-refractivity contribution < 1.29 is 4.79 Å². The molecule has 0 bridgehead atoms. The fraction of sp³-hybridized carbons (Fsp3) is 0.0455. The minimum atomic E-state index is -0.555. The first kappa shape index (κ1) is 17.0. The summed E-state index contributed by atoms with van der Waals surface area (Å²) in [5.41, 5.74) is 10.3. The van der Waals surface area contributed by atoms with E-state index in [9.17, 15) is 10.1 Å². The van der Waals surface area contributed by atoms with E-state index in [1.807, 2.05) is 42.5 Å². The molecule has 0 saturated heterocycles. The molecule has 0 radical (unpaired) electrons. The molecule has 3 rings (SSSR count). The summed E-state index contributed by atoms with van der Waals surface area (Å²) in [6.45, 7) is 0. The van der Waals surface area contributed by atoms with E-state index in [4.69, 9.17) is 11.0 Å². The number of benzene rings is 3. The number of carbonyl (C=O) groups excluding carboxylic acids is 1. The Balaban J connectivity index is 2.13. The lowest BCUT2D eigenvalue weighted by molar-refractivity contribution is 0.0999. The molecule has 0 spiro atoms. The smallest absolute Gasteiger partial charge is 0.249 e. The molecule has 0 fully saturated rings. The van der Waals surface area contributed by atoms with Gasteiger partial charge in [-0.25, -0.2) is 0 Å². The van der Waals surface area contributed by atoms with Gasteiger partial charge < -0.3 is 5.73 Å². The van der Waals surface area contributed by atoms with Crippen LogP contribution in [-0.4, -0.2) is 5.91 Å². The highest BCUT2D eigenvalue weighted by Gasteiger charge is 2.15. The Labute approximate surface area is 151 Å². The summed E-state index contributed by atoms with van der Waals surface area (Å²) >= 11 is 0. The average molecular weight is 337 g/mol. The molecule has 0 heterocycles. The average Bonchev–Trinajstić information content (AvgIpc) is 2.68. The van der Waals surface area contributed by atoms with Crippen molar-refractivity contribution in [3.8, 4) is 23.3 Å². The number of primary amides is 1. The number of carbonyl (C=O) groups is 1. The molecule has 1 amide bonds. The van der Waals surface area contributed by atoms with Crippen LogP contribution in [0.15, 0.2) is 66.7 Å². The van der Waals surface area contributed by atoms with Crippen molar-refractivity contribution in [2.45, 2.75) is 6.42 Å². The van der Waals surface area contributed by atoms with Gasteiger partial charge in [-0.1, -0.05) is 42.5 Å². The monoisotopic (exact) mass is 337 g/mol. The second-order valence-electron chi connectivity index (χ2n) is 5.83. The third-order valence-electron chi connectivity index (χ3n) is 4.25. The molecule has 0 aliphatic carbocycles. The van der Waals surface area contributed by atoms with Crippen molar-refractivity contribution >= 4 is 5.91 Å². The van der Waals surface area contributed by atoms with Crippen LogP contribution in [0.4, 0.5) is 0 Å². The molecule has 4 nitrogen and oxygen atoms in total. The molecule has 0 aromatic heterocycles. The molecule has 4 heteroatoms. The van der Waals surface area contributed by atoms with Gasteiger partial charge in [0.2, 0.25) is 5.91 Å². The van der Waals surface area contributed by atoms with E-state index >= 15 is 0 Å². The van der Waals surface area contributed by atoms with E-state index in [1.54, 1.807) is 24.3 Å². The Kier molecular flexibility index (Phi) is 4.78. The zero-order chi connectivity index (χ0) is 18.5. The number of hydrogen-bond acceptors (Lipinski definition) is 3. The number of hydrogen-bond donors (Lipinski definition) is 1. The van der Waals surface area contributed by atoms with Gasteiger partial charge in [-0.2, -0.15) is 10.5 Å². The summed E-state index contributed by atoms with van der Waals surface area (Å²) < 4.78 is 0. The SMILES string of the molecule is N#Cc1cccc(-c2ccccc2Cc2c(C#N)cccc2C(N)=O)c1. The quantitative estimate of drug-likeness (QED) is 0.785. The highest BCUT2D eigenvalue weighted by Crippen LogP contribution is 2.28. The largest absolute Gasteiger partial charge is 0.366 e. The molecule has 0 saturated carbocycles. The maximum Gasteiger partial charge on any atom is 0.249 e. The van der Waals surface area contributed by atoms with Crippen LogP contribution in [0, 0.1) is 22.7 Å². The molecular formula is C22H15N3O. The molecule has 0 aliphatic rings. The Morgan fingerprint density at radius 1 is 0.923 bits per heavy atom. The zero-order valence-electron chi connectivity index (χ0n) is 13.9. The van der Waals surface area contributed by atoms with Crippen molar-refractivity contribution in [3.05, 3.63) is 94.5 Å². The summed E-state index contributed by atoms with van der Waals surface area (Å²) in [6, 6.07) is 24.3. The lowest BCUT2D eigenvalue weighted by Gasteiger charge is -2.13. The minimum Gasteiger partial charge on any atom is -0.366 e. The summed E-state index contributed by atoms with van der Waals surface area (Å²) in [5.74, 6) is -0.555. The second-order valence-corrected chi connectivity index (χ2v) is 5.83. The Hall–Kier alpha value is -3.89. The van der Waals surface area contributed by atoms with Crippen molar-refractivity contribution in [2.75, 3.05) is 0 Å². The van der Waals surface area contributed by atoms with Crippen molar-refractivity contribution in [1.82, 2.24) is 0 Å². The highest BCUT2D eigenvalue weighted by atomic mass is 16.1. The fourth-order valence-electron chi connectivity index (χ4n) is 3.02. The van der Waals surface area contributed by atoms with Gasteiger partial charge in [0.1, 0.15) is 0 Å². The predicted octanol–water partition coefficient (Wildman–Crippen LogP) is 3.79. The second kappa shape index (κ2) is 7.34. The van der Waals surface area contributed by atoms with E-state index in [-0.39, 0.29) is 0 Å². The molecule has 0 atom stereocenters. The van der Waals surface area contributed by atoms with Gasteiger partial charge >= 0.3 is 0 Å². The number of nitrogens with zero attached hydrogens (tertiary/aromatic N) is 2. The summed E-state index contributed by atoms with van der Waals surface area (Å²) in [7, 11) is 0. The van der Waals surface area contributed by atoms with Crippen LogP contribution in [0.2, 0.25) is 0 Å². The van der Waals surface area contributed by atoms with Crippen LogP contribution in [0.3, 0.4) is 0 Å². The first-order chi connectivity index (χ1) is 12.6. The van der Waals surface area contributed by atoms with Crippen LogP contribution < -0.4 is 5.73 Å². The van der Waals surface area contributed by atoms with E-state index in [1.165, 1.54) is 0 Å². The Morgan fingerprint density at radius 3 is 2.42 bits per heavy atom. The summed E-state index contributed by atoms with van der Waals surface area (Å²) in [5, 5.41) is 18.6. The van der Waals surface area contributed by atoms with Crippen LogP contribution in [0.5, 0.6) is 0 Å². The van der Waals surface area contributed by atoms with Crippen LogP contribution in [0.1, 0.15) is 32.6 Å². The third-order valence-corrected chi connectivity index (χ3v) is 4.25.